The number of aliphatic hydroxyl groups is 1. The fourth-order valence-corrected chi connectivity index (χ4v) is 3.24. The third-order valence-corrected chi connectivity index (χ3v) is 3.99. The van der Waals surface area contributed by atoms with Crippen LogP contribution in [0.15, 0.2) is 22.6 Å². The molecule has 2 rings (SSSR count). The molecule has 0 spiro atoms. The van der Waals surface area contributed by atoms with Crippen LogP contribution in [0.3, 0.4) is 0 Å². The molecule has 0 radical (unpaired) electrons. The lowest BCUT2D eigenvalue weighted by atomic mass is 10.00. The molecule has 1 aliphatic heterocycles. The second-order valence-corrected chi connectivity index (χ2v) is 5.24. The van der Waals surface area contributed by atoms with Crippen molar-refractivity contribution in [3.05, 3.63) is 22.6 Å². The number of hydrogen-bond donors (Lipinski definition) is 1. The standard InChI is InChI=1S/C9H12O4S/c1-6-4-7-2-3-8(10)5-9(7)14(11,12)13-6/h2-3,6,8,10H,4-5H2,1H3/t6-,8-/m1/s1. The van der Waals surface area contributed by atoms with Crippen LogP contribution in [-0.2, 0) is 14.3 Å². The summed E-state index contributed by atoms with van der Waals surface area (Å²) in [5.74, 6) is 0. The molecule has 0 saturated carbocycles. The molecule has 4 nitrogen and oxygen atoms in total. The van der Waals surface area contributed by atoms with E-state index >= 15 is 0 Å². The molecule has 0 unspecified atom stereocenters. The van der Waals surface area contributed by atoms with Crippen molar-refractivity contribution in [2.45, 2.75) is 32.0 Å². The molecule has 0 bridgehead atoms. The van der Waals surface area contributed by atoms with Crippen LogP contribution in [0.4, 0.5) is 0 Å². The van der Waals surface area contributed by atoms with Crippen molar-refractivity contribution in [3.8, 4) is 0 Å². The molecule has 0 aromatic heterocycles. The van der Waals surface area contributed by atoms with E-state index in [1.54, 1.807) is 19.1 Å². The van der Waals surface area contributed by atoms with Crippen LogP contribution < -0.4 is 0 Å². The number of hydrogen-bond acceptors (Lipinski definition) is 4. The molecule has 14 heavy (non-hydrogen) atoms. The predicted molar refractivity (Wildman–Crippen MR) is 50.9 cm³/mol. The summed E-state index contributed by atoms with van der Waals surface area (Å²) in [5, 5.41) is 9.31. The van der Waals surface area contributed by atoms with Crippen molar-refractivity contribution in [1.29, 1.82) is 0 Å². The highest BCUT2D eigenvalue weighted by molar-refractivity contribution is 7.90. The average molecular weight is 216 g/mol. The molecule has 2 aliphatic rings. The molecule has 78 valence electrons. The van der Waals surface area contributed by atoms with Gasteiger partial charge < -0.3 is 5.11 Å². The fourth-order valence-electron chi connectivity index (χ4n) is 1.77. The third-order valence-electron chi connectivity index (χ3n) is 2.37. The number of rotatable bonds is 0. The predicted octanol–water partition coefficient (Wildman–Crippen LogP) is 0.700. The molecule has 0 fully saturated rings. The summed E-state index contributed by atoms with van der Waals surface area (Å²) in [7, 11) is -3.60. The number of aliphatic hydroxyl groups excluding tert-OH is 1. The van der Waals surface area contributed by atoms with Crippen molar-refractivity contribution in [3.63, 3.8) is 0 Å². The summed E-state index contributed by atoms with van der Waals surface area (Å²) in [5.41, 5.74) is 0.772. The van der Waals surface area contributed by atoms with Crippen LogP contribution in [0.5, 0.6) is 0 Å². The maximum atomic E-state index is 11.5. The highest BCUT2D eigenvalue weighted by Crippen LogP contribution is 2.33. The summed E-state index contributed by atoms with van der Waals surface area (Å²) < 4.78 is 28.0. The lowest BCUT2D eigenvalue weighted by Gasteiger charge is -2.26. The Morgan fingerprint density at radius 3 is 2.93 bits per heavy atom. The van der Waals surface area contributed by atoms with E-state index in [1.165, 1.54) is 0 Å². The van der Waals surface area contributed by atoms with E-state index in [1.807, 2.05) is 0 Å². The van der Waals surface area contributed by atoms with Crippen LogP contribution >= 0.6 is 0 Å². The van der Waals surface area contributed by atoms with Crippen molar-refractivity contribution in [1.82, 2.24) is 0 Å². The molecule has 5 heteroatoms. The van der Waals surface area contributed by atoms with Gasteiger partial charge >= 0.3 is 0 Å². The van der Waals surface area contributed by atoms with Crippen LogP contribution in [0.25, 0.3) is 0 Å². The summed E-state index contributed by atoms with van der Waals surface area (Å²) in [6.45, 7) is 1.72. The molecule has 1 N–H and O–H groups in total. The van der Waals surface area contributed by atoms with E-state index in [-0.39, 0.29) is 17.4 Å². The summed E-state index contributed by atoms with van der Waals surface area (Å²) in [6, 6.07) is 0. The Bertz CT molecular complexity index is 405. The molecular formula is C9H12O4S. The molecule has 1 aliphatic carbocycles. The lowest BCUT2D eigenvalue weighted by Crippen LogP contribution is -2.27. The highest BCUT2D eigenvalue weighted by Gasteiger charge is 2.33. The average Bonchev–Trinajstić information content (AvgIpc) is 2.05. The molecule has 0 aromatic rings. The normalized spacial score (nSPS) is 35.6. The Morgan fingerprint density at radius 2 is 2.21 bits per heavy atom. The minimum atomic E-state index is -3.60. The Kier molecular flexibility index (Phi) is 2.25. The molecular weight excluding hydrogens is 204 g/mol. The lowest BCUT2D eigenvalue weighted by molar-refractivity contribution is 0.204. The maximum Gasteiger partial charge on any atom is 0.293 e. The first-order chi connectivity index (χ1) is 6.49. The molecule has 0 amide bonds. The first-order valence-corrected chi connectivity index (χ1v) is 5.91. The minimum absolute atomic E-state index is 0.140. The third kappa shape index (κ3) is 1.63. The minimum Gasteiger partial charge on any atom is -0.389 e. The van der Waals surface area contributed by atoms with Crippen molar-refractivity contribution >= 4 is 10.1 Å². The Hall–Kier alpha value is -0.650. The zero-order chi connectivity index (χ0) is 10.3. The van der Waals surface area contributed by atoms with Gasteiger partial charge in [-0.2, -0.15) is 8.42 Å². The van der Waals surface area contributed by atoms with Gasteiger partial charge in [0.25, 0.3) is 10.1 Å². The van der Waals surface area contributed by atoms with Crippen LogP contribution in [-0.4, -0.2) is 25.7 Å². The van der Waals surface area contributed by atoms with E-state index in [9.17, 15) is 13.5 Å². The second-order valence-electron chi connectivity index (χ2n) is 3.64. The van der Waals surface area contributed by atoms with Gasteiger partial charge in [-0.15, -0.1) is 0 Å². The molecule has 0 aromatic carbocycles. The quantitative estimate of drug-likeness (QED) is 0.605. The zero-order valence-electron chi connectivity index (χ0n) is 7.80. The Balaban J connectivity index is 2.46. The molecule has 2 atom stereocenters. The van der Waals surface area contributed by atoms with Gasteiger partial charge in [0.1, 0.15) is 0 Å². The van der Waals surface area contributed by atoms with E-state index in [4.69, 9.17) is 4.18 Å². The van der Waals surface area contributed by atoms with Gasteiger partial charge in [-0.05, 0) is 12.5 Å². The van der Waals surface area contributed by atoms with Crippen molar-refractivity contribution < 1.29 is 17.7 Å². The Morgan fingerprint density at radius 1 is 1.50 bits per heavy atom. The molecule has 1 heterocycles. The van der Waals surface area contributed by atoms with Gasteiger partial charge in [-0.3, -0.25) is 4.18 Å². The summed E-state index contributed by atoms with van der Waals surface area (Å²) in [6.07, 6.45) is 3.02. The largest absolute Gasteiger partial charge is 0.389 e. The SMILES string of the molecule is C[C@@H]1CC2=C(C[C@H](O)C=C2)S(=O)(=O)O1. The first kappa shape index (κ1) is 9.89. The van der Waals surface area contributed by atoms with Crippen LogP contribution in [0.2, 0.25) is 0 Å². The smallest absolute Gasteiger partial charge is 0.293 e. The molecule has 0 saturated heterocycles. The van der Waals surface area contributed by atoms with Gasteiger partial charge in [0.2, 0.25) is 0 Å². The summed E-state index contributed by atoms with van der Waals surface area (Å²) >= 11 is 0. The van der Waals surface area contributed by atoms with Crippen molar-refractivity contribution in [2.24, 2.45) is 0 Å². The van der Waals surface area contributed by atoms with Gasteiger partial charge in [-0.1, -0.05) is 12.2 Å². The van der Waals surface area contributed by atoms with Crippen LogP contribution in [0.1, 0.15) is 19.8 Å². The zero-order valence-corrected chi connectivity index (χ0v) is 8.62. The van der Waals surface area contributed by atoms with Gasteiger partial charge in [0, 0.05) is 12.8 Å². The first-order valence-electron chi connectivity index (χ1n) is 4.50. The van der Waals surface area contributed by atoms with E-state index in [0.29, 0.717) is 6.42 Å². The van der Waals surface area contributed by atoms with Gasteiger partial charge in [0.15, 0.2) is 0 Å². The summed E-state index contributed by atoms with van der Waals surface area (Å²) in [4.78, 5) is 0.241. The maximum absolute atomic E-state index is 11.5. The van der Waals surface area contributed by atoms with Gasteiger partial charge in [0.05, 0.1) is 17.1 Å². The number of allylic oxidation sites excluding steroid dienone is 1. The monoisotopic (exact) mass is 216 g/mol. The second kappa shape index (κ2) is 3.18. The van der Waals surface area contributed by atoms with Gasteiger partial charge in [-0.25, -0.2) is 0 Å². The van der Waals surface area contributed by atoms with E-state index < -0.39 is 16.2 Å². The fraction of sp³-hybridized carbons (Fsp3) is 0.556. The van der Waals surface area contributed by atoms with E-state index in [2.05, 4.69) is 0 Å². The van der Waals surface area contributed by atoms with E-state index in [0.717, 1.165) is 5.57 Å². The Labute approximate surface area is 83.0 Å². The van der Waals surface area contributed by atoms with Crippen molar-refractivity contribution in [2.75, 3.05) is 0 Å². The highest BCUT2D eigenvalue weighted by atomic mass is 32.2. The van der Waals surface area contributed by atoms with Crippen LogP contribution in [0, 0.1) is 0 Å². The topological polar surface area (TPSA) is 63.6 Å².